The Morgan fingerprint density at radius 1 is 1.12 bits per heavy atom. The Morgan fingerprint density at radius 2 is 1.88 bits per heavy atom. The third kappa shape index (κ3) is 4.01. The van der Waals surface area contributed by atoms with Gasteiger partial charge in [-0.05, 0) is 36.8 Å². The van der Waals surface area contributed by atoms with Crippen molar-refractivity contribution in [1.29, 1.82) is 0 Å². The van der Waals surface area contributed by atoms with Crippen LogP contribution >= 0.6 is 0 Å². The van der Waals surface area contributed by atoms with Gasteiger partial charge in [-0.25, -0.2) is 8.42 Å². The molecule has 0 bridgehead atoms. The monoisotopic (exact) mass is 374 g/mol. The molecule has 3 aliphatic rings. The Hall–Kier alpha value is -1.66. The second-order valence-electron chi connectivity index (χ2n) is 7.67. The molecule has 1 aromatic rings. The summed E-state index contributed by atoms with van der Waals surface area (Å²) in [4.78, 5) is 17.0. The number of hydrogen-bond donors (Lipinski definition) is 0. The van der Waals surface area contributed by atoms with Crippen molar-refractivity contribution in [2.24, 2.45) is 0 Å². The first-order chi connectivity index (χ1) is 12.5. The highest BCUT2D eigenvalue weighted by molar-refractivity contribution is 7.91. The van der Waals surface area contributed by atoms with E-state index < -0.39 is 9.84 Å². The summed E-state index contributed by atoms with van der Waals surface area (Å²) in [5, 5.41) is 0. The molecule has 1 atom stereocenters. The Morgan fingerprint density at radius 3 is 2.46 bits per heavy atom. The lowest BCUT2D eigenvalue weighted by Gasteiger charge is -2.32. The second kappa shape index (κ2) is 7.16. The van der Waals surface area contributed by atoms with Crippen LogP contribution in [0.2, 0.25) is 0 Å². The van der Waals surface area contributed by atoms with E-state index in [1.807, 2.05) is 11.0 Å². The summed E-state index contributed by atoms with van der Waals surface area (Å²) < 4.78 is 23.6. The van der Waals surface area contributed by atoms with Gasteiger partial charge in [0.25, 0.3) is 0 Å². The van der Waals surface area contributed by atoms with Gasteiger partial charge in [-0.15, -0.1) is 0 Å². The zero-order valence-corrected chi connectivity index (χ0v) is 15.8. The van der Waals surface area contributed by atoms with Crippen LogP contribution in [-0.2, 0) is 14.6 Å². The molecule has 2 heterocycles. The van der Waals surface area contributed by atoms with Crippen LogP contribution in [0.15, 0.2) is 36.4 Å². The van der Waals surface area contributed by atoms with Crippen molar-refractivity contribution < 1.29 is 13.2 Å². The summed E-state index contributed by atoms with van der Waals surface area (Å²) >= 11 is 0. The van der Waals surface area contributed by atoms with E-state index in [1.54, 1.807) is 0 Å². The van der Waals surface area contributed by atoms with Crippen LogP contribution in [0, 0.1) is 0 Å². The normalized spacial score (nSPS) is 25.7. The van der Waals surface area contributed by atoms with Gasteiger partial charge in [0.1, 0.15) is 0 Å². The van der Waals surface area contributed by atoms with E-state index in [-0.39, 0.29) is 29.5 Å². The SMILES string of the molecule is O=C(CN1CC=C(c2ccccc2)CC1)N(C1CC1)[C@H]1CCS(=O)(=O)C1. The third-order valence-electron chi connectivity index (χ3n) is 5.63. The van der Waals surface area contributed by atoms with Crippen LogP contribution in [0.25, 0.3) is 5.57 Å². The molecule has 1 saturated carbocycles. The van der Waals surface area contributed by atoms with Crippen LogP contribution in [0.1, 0.15) is 31.2 Å². The topological polar surface area (TPSA) is 57.7 Å². The molecule has 1 aromatic carbocycles. The lowest BCUT2D eigenvalue weighted by Crippen LogP contribution is -2.48. The maximum absolute atomic E-state index is 12.9. The van der Waals surface area contributed by atoms with E-state index in [0.29, 0.717) is 13.0 Å². The van der Waals surface area contributed by atoms with Crippen LogP contribution in [-0.4, -0.2) is 67.3 Å². The van der Waals surface area contributed by atoms with E-state index >= 15 is 0 Å². The van der Waals surface area contributed by atoms with Crippen molar-refractivity contribution in [2.75, 3.05) is 31.1 Å². The van der Waals surface area contributed by atoms with E-state index in [4.69, 9.17) is 0 Å². The van der Waals surface area contributed by atoms with Crippen LogP contribution in [0.3, 0.4) is 0 Å². The molecule has 2 fully saturated rings. The molecule has 4 rings (SSSR count). The number of carbonyl (C=O) groups excluding carboxylic acids is 1. The van der Waals surface area contributed by atoms with Crippen LogP contribution < -0.4 is 0 Å². The van der Waals surface area contributed by atoms with Crippen LogP contribution in [0.5, 0.6) is 0 Å². The van der Waals surface area contributed by atoms with Gasteiger partial charge < -0.3 is 4.90 Å². The molecule has 26 heavy (non-hydrogen) atoms. The molecule has 1 aliphatic carbocycles. The van der Waals surface area contributed by atoms with E-state index in [2.05, 4.69) is 35.2 Å². The molecular weight excluding hydrogens is 348 g/mol. The summed E-state index contributed by atoms with van der Waals surface area (Å²) in [7, 11) is -2.97. The van der Waals surface area contributed by atoms with Gasteiger partial charge in [-0.3, -0.25) is 9.69 Å². The highest BCUT2D eigenvalue weighted by Crippen LogP contribution is 2.32. The summed E-state index contributed by atoms with van der Waals surface area (Å²) in [6.07, 6.45) is 5.79. The van der Waals surface area contributed by atoms with Gasteiger partial charge in [0, 0.05) is 25.2 Å². The average molecular weight is 375 g/mol. The molecule has 5 nitrogen and oxygen atoms in total. The standard InChI is InChI=1S/C20H26N2O3S/c23-20(22(18-6-7-18)19-10-13-26(24,25)15-19)14-21-11-8-17(9-12-21)16-4-2-1-3-5-16/h1-5,8,18-19H,6-7,9-15H2/t19-/m0/s1. The first-order valence-electron chi connectivity index (χ1n) is 9.50. The van der Waals surface area contributed by atoms with E-state index in [1.165, 1.54) is 11.1 Å². The predicted molar refractivity (Wildman–Crippen MR) is 102 cm³/mol. The fraction of sp³-hybridized carbons (Fsp3) is 0.550. The van der Waals surface area contributed by atoms with Gasteiger partial charge in [0.2, 0.25) is 5.91 Å². The number of benzene rings is 1. The quantitative estimate of drug-likeness (QED) is 0.791. The van der Waals surface area contributed by atoms with E-state index in [0.717, 1.165) is 32.4 Å². The minimum atomic E-state index is -2.97. The Bertz CT molecular complexity index is 800. The van der Waals surface area contributed by atoms with Gasteiger partial charge in [0.15, 0.2) is 9.84 Å². The van der Waals surface area contributed by atoms with E-state index in [9.17, 15) is 13.2 Å². The molecule has 0 radical (unpaired) electrons. The first kappa shape index (κ1) is 17.7. The molecule has 0 aromatic heterocycles. The van der Waals surface area contributed by atoms with Crippen molar-refractivity contribution >= 4 is 21.3 Å². The van der Waals surface area contributed by atoms with Crippen molar-refractivity contribution in [1.82, 2.24) is 9.80 Å². The highest BCUT2D eigenvalue weighted by atomic mass is 32.2. The Kier molecular flexibility index (Phi) is 4.88. The molecule has 0 spiro atoms. The number of hydrogen-bond acceptors (Lipinski definition) is 4. The number of nitrogens with zero attached hydrogens (tertiary/aromatic N) is 2. The smallest absolute Gasteiger partial charge is 0.237 e. The van der Waals surface area contributed by atoms with Gasteiger partial charge in [-0.2, -0.15) is 0 Å². The maximum atomic E-state index is 12.9. The molecule has 2 aliphatic heterocycles. The Labute approximate surface area is 155 Å². The zero-order valence-electron chi connectivity index (χ0n) is 15.0. The summed E-state index contributed by atoms with van der Waals surface area (Å²) in [6, 6.07) is 10.5. The first-order valence-corrected chi connectivity index (χ1v) is 11.3. The number of amides is 1. The lowest BCUT2D eigenvalue weighted by molar-refractivity contribution is -0.134. The number of sulfone groups is 1. The molecule has 6 heteroatoms. The van der Waals surface area contributed by atoms with Gasteiger partial charge in [0.05, 0.1) is 18.1 Å². The summed E-state index contributed by atoms with van der Waals surface area (Å²) in [6.45, 7) is 2.04. The second-order valence-corrected chi connectivity index (χ2v) is 9.90. The minimum absolute atomic E-state index is 0.103. The molecule has 140 valence electrons. The van der Waals surface area contributed by atoms with Crippen molar-refractivity contribution in [2.45, 2.75) is 37.8 Å². The fourth-order valence-electron chi connectivity index (χ4n) is 4.10. The maximum Gasteiger partial charge on any atom is 0.237 e. The van der Waals surface area contributed by atoms with Gasteiger partial charge >= 0.3 is 0 Å². The number of carbonyl (C=O) groups is 1. The number of rotatable bonds is 5. The highest BCUT2D eigenvalue weighted by Gasteiger charge is 2.42. The molecule has 1 saturated heterocycles. The van der Waals surface area contributed by atoms with Crippen molar-refractivity contribution in [3.8, 4) is 0 Å². The van der Waals surface area contributed by atoms with Crippen molar-refractivity contribution in [3.05, 3.63) is 42.0 Å². The summed E-state index contributed by atoms with van der Waals surface area (Å²) in [5.41, 5.74) is 2.60. The lowest BCUT2D eigenvalue weighted by atomic mass is 9.99. The molecule has 1 amide bonds. The summed E-state index contributed by atoms with van der Waals surface area (Å²) in [5.74, 6) is 0.472. The Balaban J connectivity index is 1.38. The fourth-order valence-corrected chi connectivity index (χ4v) is 5.81. The third-order valence-corrected chi connectivity index (χ3v) is 7.38. The van der Waals surface area contributed by atoms with Crippen LogP contribution in [0.4, 0.5) is 0 Å². The minimum Gasteiger partial charge on any atom is -0.335 e. The molecular formula is C20H26N2O3S. The van der Waals surface area contributed by atoms with Crippen molar-refractivity contribution in [3.63, 3.8) is 0 Å². The molecule has 0 N–H and O–H groups in total. The zero-order chi connectivity index (χ0) is 18.1. The van der Waals surface area contributed by atoms with Gasteiger partial charge in [-0.1, -0.05) is 36.4 Å². The predicted octanol–water partition coefficient (Wildman–Crippen LogP) is 1.95. The average Bonchev–Trinajstić information content (AvgIpc) is 3.39. The molecule has 0 unspecified atom stereocenters. The largest absolute Gasteiger partial charge is 0.335 e.